The van der Waals surface area contributed by atoms with E-state index < -0.39 is 18.4 Å². The summed E-state index contributed by atoms with van der Waals surface area (Å²) >= 11 is 3.33. The summed E-state index contributed by atoms with van der Waals surface area (Å²) in [6.07, 6.45) is -0.283. The second kappa shape index (κ2) is 6.89. The molecule has 0 atom stereocenters. The molecule has 3 nitrogen and oxygen atoms in total. The van der Waals surface area contributed by atoms with E-state index in [1.807, 2.05) is 30.3 Å². The summed E-state index contributed by atoms with van der Waals surface area (Å²) in [6, 6.07) is 14.7. The van der Waals surface area contributed by atoms with Crippen molar-refractivity contribution in [2.24, 2.45) is 0 Å². The quantitative estimate of drug-likeness (QED) is 0.761. The number of alkyl halides is 2. The van der Waals surface area contributed by atoms with E-state index in [9.17, 15) is 13.6 Å². The van der Waals surface area contributed by atoms with Crippen LogP contribution in [0.2, 0.25) is 0 Å². The number of ether oxygens (including phenoxy) is 1. The fourth-order valence-electron chi connectivity index (χ4n) is 2.58. The first-order valence-electron chi connectivity index (χ1n) is 7.58. The Morgan fingerprint density at radius 2 is 1.96 bits per heavy atom. The molecule has 3 rings (SSSR count). The van der Waals surface area contributed by atoms with Gasteiger partial charge in [-0.15, -0.1) is 0 Å². The predicted octanol–water partition coefficient (Wildman–Crippen LogP) is 4.51. The lowest BCUT2D eigenvalue weighted by molar-refractivity contribution is 0.0120. The van der Waals surface area contributed by atoms with Gasteiger partial charge in [-0.2, -0.15) is 0 Å². The summed E-state index contributed by atoms with van der Waals surface area (Å²) < 4.78 is 32.8. The summed E-state index contributed by atoms with van der Waals surface area (Å²) in [6.45, 7) is -0.0337. The second-order valence-electron chi connectivity index (χ2n) is 5.75. The molecule has 0 bridgehead atoms. The maximum atomic E-state index is 13.3. The average molecular weight is 396 g/mol. The van der Waals surface area contributed by atoms with Crippen LogP contribution < -0.4 is 4.74 Å². The Balaban J connectivity index is 1.67. The monoisotopic (exact) mass is 395 g/mol. The highest BCUT2D eigenvalue weighted by atomic mass is 79.9. The molecule has 1 aliphatic rings. The molecule has 2 aromatic rings. The summed E-state index contributed by atoms with van der Waals surface area (Å²) in [5.41, 5.74) is 1.40. The minimum atomic E-state index is -2.79. The number of carbonyl (C=O) groups is 1. The molecular weight excluding hydrogens is 380 g/mol. The van der Waals surface area contributed by atoms with Crippen LogP contribution in [-0.2, 0) is 6.61 Å². The molecular formula is C18H16BrF2NO2. The van der Waals surface area contributed by atoms with Crippen molar-refractivity contribution in [2.75, 3.05) is 13.1 Å². The van der Waals surface area contributed by atoms with Gasteiger partial charge in [0.1, 0.15) is 12.4 Å². The van der Waals surface area contributed by atoms with E-state index in [0.29, 0.717) is 22.4 Å². The summed E-state index contributed by atoms with van der Waals surface area (Å²) in [7, 11) is 0. The van der Waals surface area contributed by atoms with Gasteiger partial charge in [-0.05, 0) is 39.7 Å². The largest absolute Gasteiger partial charge is 0.489 e. The van der Waals surface area contributed by atoms with Crippen molar-refractivity contribution in [2.45, 2.75) is 19.0 Å². The number of nitrogens with zero attached hydrogens (tertiary/aromatic N) is 1. The maximum absolute atomic E-state index is 13.3. The van der Waals surface area contributed by atoms with Gasteiger partial charge in [0, 0.05) is 17.4 Å². The summed E-state index contributed by atoms with van der Waals surface area (Å²) in [4.78, 5) is 13.6. The number of halogens is 3. The van der Waals surface area contributed by atoms with Gasteiger partial charge in [0.05, 0.1) is 12.1 Å². The van der Waals surface area contributed by atoms with Gasteiger partial charge in [-0.1, -0.05) is 30.3 Å². The highest BCUT2D eigenvalue weighted by molar-refractivity contribution is 9.10. The molecule has 0 N–H and O–H groups in total. The number of benzene rings is 2. The second-order valence-corrected chi connectivity index (χ2v) is 6.60. The number of carbonyl (C=O) groups excluding carboxylic acids is 1. The van der Waals surface area contributed by atoms with Gasteiger partial charge in [-0.3, -0.25) is 4.79 Å². The van der Waals surface area contributed by atoms with Crippen LogP contribution in [-0.4, -0.2) is 29.8 Å². The van der Waals surface area contributed by atoms with Crippen molar-refractivity contribution in [3.8, 4) is 5.75 Å². The number of hydrogen-bond acceptors (Lipinski definition) is 2. The number of hydrogen-bond donors (Lipinski definition) is 0. The fourth-order valence-corrected chi connectivity index (χ4v) is 3.11. The van der Waals surface area contributed by atoms with Crippen LogP contribution in [0.3, 0.4) is 0 Å². The molecule has 1 heterocycles. The molecule has 126 valence electrons. The molecule has 0 radical (unpaired) electrons. The Kier molecular flexibility index (Phi) is 4.85. The van der Waals surface area contributed by atoms with Crippen LogP contribution in [0.4, 0.5) is 8.78 Å². The third-order valence-corrected chi connectivity index (χ3v) is 4.53. The fraction of sp³-hybridized carbons (Fsp3) is 0.278. The maximum Gasteiger partial charge on any atom is 0.267 e. The molecule has 24 heavy (non-hydrogen) atoms. The third kappa shape index (κ3) is 3.93. The number of rotatable bonds is 4. The Bertz CT molecular complexity index is 737. The average Bonchev–Trinajstić information content (AvgIpc) is 2.93. The molecule has 0 aliphatic carbocycles. The van der Waals surface area contributed by atoms with Crippen molar-refractivity contribution < 1.29 is 18.3 Å². The van der Waals surface area contributed by atoms with Gasteiger partial charge in [0.15, 0.2) is 0 Å². The lowest BCUT2D eigenvalue weighted by atomic mass is 10.2. The molecule has 1 amide bonds. The Labute approximate surface area is 147 Å². The minimum absolute atomic E-state index is 0.0739. The third-order valence-electron chi connectivity index (χ3n) is 3.88. The van der Waals surface area contributed by atoms with Crippen molar-refractivity contribution in [3.63, 3.8) is 0 Å². The van der Waals surface area contributed by atoms with Gasteiger partial charge in [0.2, 0.25) is 0 Å². The van der Waals surface area contributed by atoms with E-state index in [1.54, 1.807) is 18.2 Å². The van der Waals surface area contributed by atoms with Crippen molar-refractivity contribution in [1.82, 2.24) is 4.90 Å². The first-order valence-corrected chi connectivity index (χ1v) is 8.37. The first kappa shape index (κ1) is 16.9. The minimum Gasteiger partial charge on any atom is -0.489 e. The number of amides is 1. The smallest absolute Gasteiger partial charge is 0.267 e. The van der Waals surface area contributed by atoms with Gasteiger partial charge in [0.25, 0.3) is 11.8 Å². The Morgan fingerprint density at radius 1 is 1.21 bits per heavy atom. The van der Waals surface area contributed by atoms with E-state index in [-0.39, 0.29) is 13.0 Å². The lowest BCUT2D eigenvalue weighted by Crippen LogP contribution is -2.31. The van der Waals surface area contributed by atoms with Crippen LogP contribution in [0, 0.1) is 0 Å². The highest BCUT2D eigenvalue weighted by Crippen LogP contribution is 2.30. The normalized spacial score (nSPS) is 16.2. The van der Waals surface area contributed by atoms with E-state index in [0.717, 1.165) is 5.56 Å². The topological polar surface area (TPSA) is 29.5 Å². The van der Waals surface area contributed by atoms with Crippen LogP contribution in [0.5, 0.6) is 5.75 Å². The SMILES string of the molecule is O=C(c1ccc(OCc2ccccc2)cc1Br)N1CCC(F)(F)C1. The summed E-state index contributed by atoms with van der Waals surface area (Å²) in [5.74, 6) is -2.58. The number of likely N-dealkylation sites (tertiary alicyclic amines) is 1. The molecule has 1 saturated heterocycles. The van der Waals surface area contributed by atoms with Crippen LogP contribution in [0.1, 0.15) is 22.3 Å². The van der Waals surface area contributed by atoms with Crippen LogP contribution in [0.15, 0.2) is 53.0 Å². The van der Waals surface area contributed by atoms with Gasteiger partial charge in [-0.25, -0.2) is 8.78 Å². The van der Waals surface area contributed by atoms with E-state index in [2.05, 4.69) is 15.9 Å². The molecule has 6 heteroatoms. The van der Waals surface area contributed by atoms with Crippen molar-refractivity contribution in [3.05, 3.63) is 64.1 Å². The van der Waals surface area contributed by atoms with Crippen molar-refractivity contribution >= 4 is 21.8 Å². The van der Waals surface area contributed by atoms with Crippen LogP contribution >= 0.6 is 15.9 Å². The highest BCUT2D eigenvalue weighted by Gasteiger charge is 2.40. The molecule has 1 fully saturated rings. The van der Waals surface area contributed by atoms with E-state index in [4.69, 9.17) is 4.74 Å². The molecule has 2 aromatic carbocycles. The van der Waals surface area contributed by atoms with E-state index >= 15 is 0 Å². The zero-order valence-electron chi connectivity index (χ0n) is 12.8. The Hall–Kier alpha value is -1.95. The molecule has 0 saturated carbocycles. The van der Waals surface area contributed by atoms with Gasteiger partial charge < -0.3 is 9.64 Å². The van der Waals surface area contributed by atoms with Gasteiger partial charge >= 0.3 is 0 Å². The van der Waals surface area contributed by atoms with E-state index in [1.165, 1.54) is 4.90 Å². The first-order chi connectivity index (χ1) is 11.4. The predicted molar refractivity (Wildman–Crippen MR) is 90.4 cm³/mol. The molecule has 0 aromatic heterocycles. The molecule has 0 unspecified atom stereocenters. The van der Waals surface area contributed by atoms with Crippen LogP contribution in [0.25, 0.3) is 0 Å². The lowest BCUT2D eigenvalue weighted by Gasteiger charge is -2.17. The Morgan fingerprint density at radius 3 is 2.58 bits per heavy atom. The standard InChI is InChI=1S/C18H16BrF2NO2/c19-16-10-14(24-11-13-4-2-1-3-5-13)6-7-15(16)17(23)22-9-8-18(20,21)12-22/h1-7,10H,8-9,11-12H2. The molecule has 1 aliphatic heterocycles. The molecule has 0 spiro atoms. The van der Waals surface area contributed by atoms with Crippen molar-refractivity contribution in [1.29, 1.82) is 0 Å². The zero-order valence-corrected chi connectivity index (χ0v) is 14.4. The zero-order chi connectivity index (χ0) is 17.2. The summed E-state index contributed by atoms with van der Waals surface area (Å²) in [5, 5.41) is 0.